The van der Waals surface area contributed by atoms with E-state index in [2.05, 4.69) is 9.97 Å². The molecule has 1 aromatic heterocycles. The Kier molecular flexibility index (Phi) is 4.07. The second-order valence-electron chi connectivity index (χ2n) is 5.72. The first-order chi connectivity index (χ1) is 9.39. The number of ether oxygens (including phenoxy) is 1. The van der Waals surface area contributed by atoms with Crippen molar-refractivity contribution >= 4 is 29.8 Å². The lowest BCUT2D eigenvalue weighted by atomic mass is 9.77. The van der Waals surface area contributed by atoms with E-state index >= 15 is 0 Å². The fraction of sp³-hybridized carbons (Fsp3) is 0.400. The largest absolute Gasteiger partial charge is 0.468 e. The van der Waals surface area contributed by atoms with Crippen LogP contribution >= 0.6 is 0 Å². The summed E-state index contributed by atoms with van der Waals surface area (Å²) in [7, 11) is 0.106. The molecule has 0 aliphatic rings. The number of carbonyl (C=O) groups excluding carboxylic acids is 1. The Bertz CT molecular complexity index is 635. The SMILES string of the molecule is CCc1nc(BC(=O)OC(C)(C)C)nc2ccccc12. The molecule has 2 rings (SSSR count). The third-order valence-electron chi connectivity index (χ3n) is 2.79. The molecule has 5 heteroatoms. The fourth-order valence-corrected chi connectivity index (χ4v) is 2.05. The van der Waals surface area contributed by atoms with Gasteiger partial charge >= 0.3 is 7.28 Å². The number of rotatable bonds is 3. The normalized spacial score (nSPS) is 11.4. The highest BCUT2D eigenvalue weighted by atomic mass is 16.5. The van der Waals surface area contributed by atoms with Crippen molar-refractivity contribution < 1.29 is 9.53 Å². The zero-order valence-corrected chi connectivity index (χ0v) is 12.4. The molecule has 0 fully saturated rings. The van der Waals surface area contributed by atoms with Crippen LogP contribution in [0.4, 0.5) is 4.79 Å². The molecule has 0 N–H and O–H groups in total. The first-order valence-electron chi connectivity index (χ1n) is 6.85. The molecular formula is C15H19BN2O2. The lowest BCUT2D eigenvalue weighted by Gasteiger charge is -2.19. The summed E-state index contributed by atoms with van der Waals surface area (Å²) in [4.78, 5) is 20.8. The fourth-order valence-electron chi connectivity index (χ4n) is 2.05. The molecule has 0 bridgehead atoms. The Hall–Kier alpha value is -1.91. The molecule has 0 unspecified atom stereocenters. The second kappa shape index (κ2) is 5.61. The highest BCUT2D eigenvalue weighted by Gasteiger charge is 2.19. The van der Waals surface area contributed by atoms with Crippen molar-refractivity contribution in [3.63, 3.8) is 0 Å². The van der Waals surface area contributed by atoms with Gasteiger partial charge in [0, 0.05) is 5.39 Å². The van der Waals surface area contributed by atoms with Crippen molar-refractivity contribution in [1.29, 1.82) is 0 Å². The van der Waals surface area contributed by atoms with Crippen LogP contribution in [0.3, 0.4) is 0 Å². The van der Waals surface area contributed by atoms with E-state index in [1.807, 2.05) is 52.0 Å². The topological polar surface area (TPSA) is 52.1 Å². The predicted molar refractivity (Wildman–Crippen MR) is 81.9 cm³/mol. The van der Waals surface area contributed by atoms with E-state index in [4.69, 9.17) is 4.74 Å². The maximum absolute atomic E-state index is 11.9. The molecular weight excluding hydrogens is 251 g/mol. The van der Waals surface area contributed by atoms with Crippen LogP contribution < -0.4 is 5.72 Å². The van der Waals surface area contributed by atoms with Crippen LogP contribution in [-0.4, -0.2) is 28.7 Å². The van der Waals surface area contributed by atoms with Crippen molar-refractivity contribution in [2.24, 2.45) is 0 Å². The molecule has 0 amide bonds. The zero-order valence-electron chi connectivity index (χ0n) is 12.4. The number of nitrogens with zero attached hydrogens (tertiary/aromatic N) is 2. The summed E-state index contributed by atoms with van der Waals surface area (Å²) in [5.41, 5.74) is 1.88. The average molecular weight is 270 g/mol. The van der Waals surface area contributed by atoms with Gasteiger partial charge in [-0.2, -0.15) is 0 Å². The second-order valence-corrected chi connectivity index (χ2v) is 5.72. The van der Waals surface area contributed by atoms with Crippen LogP contribution in [0.25, 0.3) is 10.9 Å². The van der Waals surface area contributed by atoms with E-state index in [9.17, 15) is 4.79 Å². The van der Waals surface area contributed by atoms with Gasteiger partial charge in [-0.05, 0) is 33.3 Å². The Morgan fingerprint density at radius 2 is 1.95 bits per heavy atom. The van der Waals surface area contributed by atoms with Crippen LogP contribution in [0, 0.1) is 0 Å². The molecule has 1 heterocycles. The van der Waals surface area contributed by atoms with E-state index in [-0.39, 0.29) is 13.1 Å². The maximum Gasteiger partial charge on any atom is 0.341 e. The van der Waals surface area contributed by atoms with E-state index < -0.39 is 5.60 Å². The number of aromatic nitrogens is 2. The van der Waals surface area contributed by atoms with Gasteiger partial charge in [0.25, 0.3) is 5.87 Å². The minimum atomic E-state index is -0.485. The van der Waals surface area contributed by atoms with Gasteiger partial charge in [-0.3, -0.25) is 4.79 Å². The molecule has 104 valence electrons. The summed E-state index contributed by atoms with van der Waals surface area (Å²) in [6, 6.07) is 7.85. The van der Waals surface area contributed by atoms with E-state index in [0.29, 0.717) is 5.72 Å². The van der Waals surface area contributed by atoms with Crippen LogP contribution in [-0.2, 0) is 11.2 Å². The molecule has 0 aliphatic heterocycles. The average Bonchev–Trinajstić information content (AvgIpc) is 2.35. The molecule has 2 aromatic rings. The quantitative estimate of drug-likeness (QED) is 0.802. The number of fused-ring (bicyclic) bond motifs is 1. The minimum Gasteiger partial charge on any atom is -0.468 e. The number of para-hydroxylation sites is 1. The van der Waals surface area contributed by atoms with Gasteiger partial charge < -0.3 is 4.74 Å². The molecule has 20 heavy (non-hydrogen) atoms. The summed E-state index contributed by atoms with van der Waals surface area (Å²) >= 11 is 0. The Balaban J connectivity index is 2.29. The van der Waals surface area contributed by atoms with Crippen LogP contribution in [0.5, 0.6) is 0 Å². The Labute approximate surface area is 119 Å². The summed E-state index contributed by atoms with van der Waals surface area (Å²) in [5, 5.41) is 1.04. The van der Waals surface area contributed by atoms with E-state index in [1.54, 1.807) is 0 Å². The lowest BCUT2D eigenvalue weighted by molar-refractivity contribution is 0.0719. The van der Waals surface area contributed by atoms with Gasteiger partial charge in [-0.1, -0.05) is 25.1 Å². The Morgan fingerprint density at radius 3 is 2.60 bits per heavy atom. The lowest BCUT2D eigenvalue weighted by Crippen LogP contribution is -2.35. The van der Waals surface area contributed by atoms with Gasteiger partial charge in [-0.15, -0.1) is 0 Å². The third-order valence-corrected chi connectivity index (χ3v) is 2.79. The number of hydrogen-bond acceptors (Lipinski definition) is 4. The molecule has 0 radical (unpaired) electrons. The third kappa shape index (κ3) is 3.56. The van der Waals surface area contributed by atoms with Crippen LogP contribution in [0.1, 0.15) is 33.4 Å². The summed E-state index contributed by atoms with van der Waals surface area (Å²) in [6.45, 7) is 7.60. The van der Waals surface area contributed by atoms with Gasteiger partial charge in [-0.25, -0.2) is 9.97 Å². The molecule has 0 saturated heterocycles. The van der Waals surface area contributed by atoms with Crippen molar-refractivity contribution in [3.8, 4) is 0 Å². The van der Waals surface area contributed by atoms with E-state index in [1.165, 1.54) is 0 Å². The first kappa shape index (κ1) is 14.5. The van der Waals surface area contributed by atoms with Gasteiger partial charge in [0.1, 0.15) is 5.60 Å². The van der Waals surface area contributed by atoms with Gasteiger partial charge in [0.2, 0.25) is 0 Å². The van der Waals surface area contributed by atoms with Crippen molar-refractivity contribution in [3.05, 3.63) is 30.0 Å². The minimum absolute atomic E-state index is 0.106. The Morgan fingerprint density at radius 1 is 1.25 bits per heavy atom. The van der Waals surface area contributed by atoms with Crippen LogP contribution in [0.15, 0.2) is 24.3 Å². The number of benzene rings is 1. The molecule has 0 saturated carbocycles. The predicted octanol–water partition coefficient (Wildman–Crippen LogP) is 2.19. The standard InChI is InChI=1S/C15H19BN2O2/c1-5-11-10-8-6-7-9-12(10)18-13(17-11)16-14(19)20-15(2,3)4/h6-9,16H,5H2,1-4H3. The smallest absolute Gasteiger partial charge is 0.341 e. The van der Waals surface area contributed by atoms with Gasteiger partial charge in [0.15, 0.2) is 0 Å². The molecule has 0 spiro atoms. The monoisotopic (exact) mass is 270 g/mol. The molecule has 0 atom stereocenters. The number of hydrogen-bond donors (Lipinski definition) is 0. The van der Waals surface area contributed by atoms with Crippen molar-refractivity contribution in [2.75, 3.05) is 0 Å². The molecule has 1 aromatic carbocycles. The maximum atomic E-state index is 11.9. The van der Waals surface area contributed by atoms with Gasteiger partial charge in [0.05, 0.1) is 16.9 Å². The van der Waals surface area contributed by atoms with Crippen LogP contribution in [0.2, 0.25) is 0 Å². The summed E-state index contributed by atoms with van der Waals surface area (Å²) in [5.74, 6) is -0.296. The zero-order chi connectivity index (χ0) is 14.8. The van der Waals surface area contributed by atoms with Crippen molar-refractivity contribution in [2.45, 2.75) is 39.7 Å². The highest BCUT2D eigenvalue weighted by Crippen LogP contribution is 2.13. The number of aryl methyl sites for hydroxylation is 1. The first-order valence-corrected chi connectivity index (χ1v) is 6.85. The molecule has 4 nitrogen and oxygen atoms in total. The number of carbonyl (C=O) groups is 1. The molecule has 0 aliphatic carbocycles. The summed E-state index contributed by atoms with van der Waals surface area (Å²) in [6.07, 6.45) is 0.810. The summed E-state index contributed by atoms with van der Waals surface area (Å²) < 4.78 is 5.31. The van der Waals surface area contributed by atoms with E-state index in [0.717, 1.165) is 23.0 Å². The highest BCUT2D eigenvalue weighted by molar-refractivity contribution is 6.81. The van der Waals surface area contributed by atoms with Crippen molar-refractivity contribution in [1.82, 2.24) is 9.97 Å².